The molecular formula is C25H28N2O3. The summed E-state index contributed by atoms with van der Waals surface area (Å²) in [7, 11) is 3.17. The molecule has 1 aliphatic rings. The third-order valence-electron chi connectivity index (χ3n) is 5.83. The van der Waals surface area contributed by atoms with Crippen molar-refractivity contribution in [1.29, 1.82) is 0 Å². The van der Waals surface area contributed by atoms with Crippen molar-refractivity contribution in [1.82, 2.24) is 10.2 Å². The lowest BCUT2D eigenvalue weighted by molar-refractivity contribution is 0.0937. The number of benzene rings is 3. The Balaban J connectivity index is 1.60. The molecule has 1 heterocycles. The largest absolute Gasteiger partial charge is 0.497 e. The van der Waals surface area contributed by atoms with Gasteiger partial charge in [-0.15, -0.1) is 0 Å². The van der Waals surface area contributed by atoms with E-state index < -0.39 is 0 Å². The lowest BCUT2D eigenvalue weighted by Crippen LogP contribution is -2.37. The van der Waals surface area contributed by atoms with Crippen LogP contribution < -0.4 is 14.8 Å². The number of carbonyl (C=O) groups is 1. The summed E-state index contributed by atoms with van der Waals surface area (Å²) >= 11 is 0. The normalized spacial score (nSPS) is 15.1. The van der Waals surface area contributed by atoms with E-state index >= 15 is 0 Å². The first-order chi connectivity index (χ1) is 14.7. The van der Waals surface area contributed by atoms with Gasteiger partial charge in [-0.2, -0.15) is 0 Å². The van der Waals surface area contributed by atoms with E-state index in [-0.39, 0.29) is 11.9 Å². The second kappa shape index (κ2) is 9.18. The summed E-state index contributed by atoms with van der Waals surface area (Å²) in [6.45, 7) is 2.65. The maximum Gasteiger partial charge on any atom is 0.251 e. The van der Waals surface area contributed by atoms with Crippen molar-refractivity contribution in [2.24, 2.45) is 0 Å². The van der Waals surface area contributed by atoms with Crippen LogP contribution in [0.5, 0.6) is 11.5 Å². The first-order valence-electron chi connectivity index (χ1n) is 10.4. The van der Waals surface area contributed by atoms with E-state index in [1.807, 2.05) is 0 Å². The summed E-state index contributed by atoms with van der Waals surface area (Å²) in [6.07, 6.45) is 2.39. The molecule has 156 valence electrons. The van der Waals surface area contributed by atoms with E-state index in [1.165, 1.54) is 29.2 Å². The molecule has 5 nitrogen and oxygen atoms in total. The molecular weight excluding hydrogens is 376 g/mol. The molecule has 0 aliphatic carbocycles. The number of nitrogens with zero attached hydrogens (tertiary/aromatic N) is 1. The van der Waals surface area contributed by atoms with E-state index in [0.717, 1.165) is 13.1 Å². The number of rotatable bonds is 7. The fraction of sp³-hybridized carbons (Fsp3) is 0.320. The topological polar surface area (TPSA) is 50.8 Å². The molecule has 1 aliphatic heterocycles. The maximum atomic E-state index is 13.0. The first-order valence-corrected chi connectivity index (χ1v) is 10.4. The predicted molar refractivity (Wildman–Crippen MR) is 119 cm³/mol. The minimum atomic E-state index is -0.128. The van der Waals surface area contributed by atoms with Crippen molar-refractivity contribution in [3.05, 3.63) is 71.8 Å². The number of carbonyl (C=O) groups excluding carboxylic acids is 1. The minimum Gasteiger partial charge on any atom is -0.497 e. The average Bonchev–Trinajstić information content (AvgIpc) is 3.33. The van der Waals surface area contributed by atoms with E-state index in [9.17, 15) is 4.79 Å². The standard InChI is InChI=1S/C25H28N2O3/c1-29-20-14-19(15-21(16-20)30-2)25(28)26-17-24(27-12-5-6-13-27)23-11-7-9-18-8-3-4-10-22(18)23/h3-4,7-11,14-16,24H,5-6,12-13,17H2,1-2H3,(H,26,28)/t24-/m1/s1. The molecule has 1 N–H and O–H groups in total. The summed E-state index contributed by atoms with van der Waals surface area (Å²) in [5.74, 6) is 1.07. The van der Waals surface area contributed by atoms with Gasteiger partial charge in [0.2, 0.25) is 0 Å². The van der Waals surface area contributed by atoms with Gasteiger partial charge >= 0.3 is 0 Å². The van der Waals surface area contributed by atoms with Gasteiger partial charge in [0.25, 0.3) is 5.91 Å². The second-order valence-corrected chi connectivity index (χ2v) is 7.64. The van der Waals surface area contributed by atoms with Gasteiger partial charge < -0.3 is 14.8 Å². The number of nitrogens with one attached hydrogen (secondary N) is 1. The van der Waals surface area contributed by atoms with Crippen molar-refractivity contribution >= 4 is 16.7 Å². The summed E-state index contributed by atoms with van der Waals surface area (Å²) in [5, 5.41) is 5.62. The molecule has 1 atom stereocenters. The molecule has 0 saturated carbocycles. The zero-order valence-electron chi connectivity index (χ0n) is 17.6. The van der Waals surface area contributed by atoms with Crippen LogP contribution in [0, 0.1) is 0 Å². The second-order valence-electron chi connectivity index (χ2n) is 7.64. The molecule has 1 fully saturated rings. The van der Waals surface area contributed by atoms with Gasteiger partial charge in [0, 0.05) is 18.2 Å². The van der Waals surface area contributed by atoms with E-state index in [1.54, 1.807) is 32.4 Å². The summed E-state index contributed by atoms with van der Waals surface area (Å²) < 4.78 is 10.6. The van der Waals surface area contributed by atoms with Crippen molar-refractivity contribution < 1.29 is 14.3 Å². The lowest BCUT2D eigenvalue weighted by atomic mass is 9.97. The summed E-state index contributed by atoms with van der Waals surface area (Å²) in [5.41, 5.74) is 1.79. The molecule has 4 rings (SSSR count). The van der Waals surface area contributed by atoms with E-state index in [4.69, 9.17) is 9.47 Å². The highest BCUT2D eigenvalue weighted by atomic mass is 16.5. The monoisotopic (exact) mass is 404 g/mol. The van der Waals surface area contributed by atoms with Crippen molar-refractivity contribution in [3.63, 3.8) is 0 Å². The van der Waals surface area contributed by atoms with E-state index in [2.05, 4.69) is 52.7 Å². The van der Waals surface area contributed by atoms with Crippen LogP contribution in [0.3, 0.4) is 0 Å². The van der Waals surface area contributed by atoms with Crippen molar-refractivity contribution in [2.75, 3.05) is 33.9 Å². The van der Waals surface area contributed by atoms with Gasteiger partial charge in [0.1, 0.15) is 11.5 Å². The van der Waals surface area contributed by atoms with Gasteiger partial charge in [-0.3, -0.25) is 9.69 Å². The Morgan fingerprint density at radius 1 is 0.967 bits per heavy atom. The smallest absolute Gasteiger partial charge is 0.251 e. The van der Waals surface area contributed by atoms with Crippen LogP contribution >= 0.6 is 0 Å². The zero-order chi connectivity index (χ0) is 20.9. The number of hydrogen-bond acceptors (Lipinski definition) is 4. The molecule has 30 heavy (non-hydrogen) atoms. The number of likely N-dealkylation sites (tertiary alicyclic amines) is 1. The third kappa shape index (κ3) is 4.26. The Morgan fingerprint density at radius 3 is 2.33 bits per heavy atom. The van der Waals surface area contributed by atoms with Crippen molar-refractivity contribution in [3.8, 4) is 11.5 Å². The van der Waals surface area contributed by atoms with Gasteiger partial charge in [-0.05, 0) is 54.4 Å². The third-order valence-corrected chi connectivity index (χ3v) is 5.83. The zero-order valence-corrected chi connectivity index (χ0v) is 17.6. The van der Waals surface area contributed by atoms with Crippen LogP contribution in [0.15, 0.2) is 60.7 Å². The van der Waals surface area contributed by atoms with Crippen LogP contribution in [0.4, 0.5) is 0 Å². The van der Waals surface area contributed by atoms with Gasteiger partial charge in [0.05, 0.1) is 20.3 Å². The van der Waals surface area contributed by atoms with Crippen molar-refractivity contribution in [2.45, 2.75) is 18.9 Å². The summed E-state index contributed by atoms with van der Waals surface area (Å²) in [6, 6.07) is 20.3. The van der Waals surface area contributed by atoms with Crippen LogP contribution in [0.1, 0.15) is 34.8 Å². The molecule has 0 aromatic heterocycles. The molecule has 1 saturated heterocycles. The molecule has 5 heteroatoms. The molecule has 0 unspecified atom stereocenters. The van der Waals surface area contributed by atoms with Gasteiger partial charge in [-0.1, -0.05) is 42.5 Å². The Bertz CT molecular complexity index is 1000. The van der Waals surface area contributed by atoms with Crippen LogP contribution in [0.2, 0.25) is 0 Å². The molecule has 3 aromatic rings. The fourth-order valence-electron chi connectivity index (χ4n) is 4.26. The van der Waals surface area contributed by atoms with Crippen LogP contribution in [-0.4, -0.2) is 44.7 Å². The van der Waals surface area contributed by atoms with Gasteiger partial charge in [0.15, 0.2) is 0 Å². The highest BCUT2D eigenvalue weighted by Crippen LogP contribution is 2.30. The van der Waals surface area contributed by atoms with E-state index in [0.29, 0.717) is 23.6 Å². The average molecular weight is 405 g/mol. The molecule has 0 radical (unpaired) electrons. The highest BCUT2D eigenvalue weighted by molar-refractivity contribution is 5.95. The minimum absolute atomic E-state index is 0.128. The SMILES string of the molecule is COc1cc(OC)cc(C(=O)NC[C@H](c2cccc3ccccc23)N2CCCC2)c1. The molecule has 1 amide bonds. The van der Waals surface area contributed by atoms with Crippen LogP contribution in [-0.2, 0) is 0 Å². The number of amides is 1. The number of hydrogen-bond donors (Lipinski definition) is 1. The number of methoxy groups -OCH3 is 2. The molecule has 3 aromatic carbocycles. The van der Waals surface area contributed by atoms with Crippen LogP contribution in [0.25, 0.3) is 10.8 Å². The lowest BCUT2D eigenvalue weighted by Gasteiger charge is -2.29. The highest BCUT2D eigenvalue weighted by Gasteiger charge is 2.25. The predicted octanol–water partition coefficient (Wildman–Crippen LogP) is 4.42. The number of ether oxygens (including phenoxy) is 2. The quantitative estimate of drug-likeness (QED) is 0.633. The number of fused-ring (bicyclic) bond motifs is 1. The first kappa shape index (κ1) is 20.2. The Hall–Kier alpha value is -3.05. The Kier molecular flexibility index (Phi) is 6.19. The van der Waals surface area contributed by atoms with Gasteiger partial charge in [-0.25, -0.2) is 0 Å². The molecule has 0 spiro atoms. The Labute approximate surface area is 177 Å². The Morgan fingerprint density at radius 2 is 1.63 bits per heavy atom. The molecule has 0 bridgehead atoms. The maximum absolute atomic E-state index is 13.0. The summed E-state index contributed by atoms with van der Waals surface area (Å²) in [4.78, 5) is 15.4. The fourth-order valence-corrected chi connectivity index (χ4v) is 4.26.